The second-order valence-corrected chi connectivity index (χ2v) is 3.79. The van der Waals surface area contributed by atoms with Crippen molar-refractivity contribution in [1.29, 1.82) is 5.26 Å². The van der Waals surface area contributed by atoms with Gasteiger partial charge in [0.25, 0.3) is 0 Å². The SMILES string of the molecule is N#CCc1ccc(C(N)C2CC2)nc1. The predicted octanol–water partition coefficient (Wildman–Crippen LogP) is 1.56. The second kappa shape index (κ2) is 3.77. The van der Waals surface area contributed by atoms with Crippen LogP contribution in [0.25, 0.3) is 0 Å². The standard InChI is InChI=1S/C11H13N3/c12-6-5-8-1-4-10(14-7-8)11(13)9-2-3-9/h1,4,7,9,11H,2-3,5,13H2. The minimum atomic E-state index is 0.0890. The van der Waals surface area contributed by atoms with Gasteiger partial charge >= 0.3 is 0 Å². The quantitative estimate of drug-likeness (QED) is 0.781. The maximum Gasteiger partial charge on any atom is 0.0670 e. The minimum Gasteiger partial charge on any atom is -0.322 e. The summed E-state index contributed by atoms with van der Waals surface area (Å²) in [4.78, 5) is 4.28. The third kappa shape index (κ3) is 1.91. The number of hydrogen-bond donors (Lipinski definition) is 1. The summed E-state index contributed by atoms with van der Waals surface area (Å²) >= 11 is 0. The van der Waals surface area contributed by atoms with E-state index >= 15 is 0 Å². The number of nitriles is 1. The average Bonchev–Trinajstić information content (AvgIpc) is 3.02. The third-order valence-electron chi connectivity index (χ3n) is 2.60. The molecule has 0 bridgehead atoms. The molecular weight excluding hydrogens is 174 g/mol. The van der Waals surface area contributed by atoms with Crippen molar-refractivity contribution in [3.63, 3.8) is 0 Å². The smallest absolute Gasteiger partial charge is 0.0670 e. The molecule has 2 rings (SSSR count). The van der Waals surface area contributed by atoms with Crippen LogP contribution in [0, 0.1) is 17.2 Å². The molecule has 0 spiro atoms. The third-order valence-corrected chi connectivity index (χ3v) is 2.60. The highest BCUT2D eigenvalue weighted by Crippen LogP contribution is 2.38. The van der Waals surface area contributed by atoms with Crippen molar-refractivity contribution in [2.24, 2.45) is 11.7 Å². The Hall–Kier alpha value is -1.40. The van der Waals surface area contributed by atoms with Crippen LogP contribution in [0.15, 0.2) is 18.3 Å². The van der Waals surface area contributed by atoms with E-state index in [0.717, 1.165) is 11.3 Å². The molecule has 1 unspecified atom stereocenters. The Morgan fingerprint density at radius 2 is 2.36 bits per heavy atom. The molecule has 72 valence electrons. The largest absolute Gasteiger partial charge is 0.322 e. The summed E-state index contributed by atoms with van der Waals surface area (Å²) in [5.74, 6) is 0.629. The van der Waals surface area contributed by atoms with Crippen LogP contribution in [0.5, 0.6) is 0 Å². The van der Waals surface area contributed by atoms with E-state index in [1.165, 1.54) is 12.8 Å². The van der Waals surface area contributed by atoms with Crippen molar-refractivity contribution >= 4 is 0 Å². The van der Waals surface area contributed by atoms with Crippen molar-refractivity contribution in [1.82, 2.24) is 4.98 Å². The van der Waals surface area contributed by atoms with E-state index in [1.807, 2.05) is 12.1 Å². The number of aromatic nitrogens is 1. The average molecular weight is 187 g/mol. The fourth-order valence-corrected chi connectivity index (χ4v) is 1.53. The zero-order valence-corrected chi connectivity index (χ0v) is 7.98. The summed E-state index contributed by atoms with van der Waals surface area (Å²) in [5.41, 5.74) is 7.91. The fourth-order valence-electron chi connectivity index (χ4n) is 1.53. The molecule has 1 saturated carbocycles. The Balaban J connectivity index is 2.09. The van der Waals surface area contributed by atoms with Gasteiger partial charge in [-0.3, -0.25) is 4.98 Å². The van der Waals surface area contributed by atoms with Crippen LogP contribution in [0.3, 0.4) is 0 Å². The van der Waals surface area contributed by atoms with Gasteiger partial charge in [-0.1, -0.05) is 6.07 Å². The molecule has 14 heavy (non-hydrogen) atoms. The van der Waals surface area contributed by atoms with E-state index in [-0.39, 0.29) is 6.04 Å². The van der Waals surface area contributed by atoms with Crippen molar-refractivity contribution in [2.45, 2.75) is 25.3 Å². The molecule has 1 atom stereocenters. The van der Waals surface area contributed by atoms with Crippen LogP contribution < -0.4 is 5.73 Å². The topological polar surface area (TPSA) is 62.7 Å². The van der Waals surface area contributed by atoms with Crippen LogP contribution in [0.2, 0.25) is 0 Å². The molecule has 0 amide bonds. The molecule has 3 heteroatoms. The van der Waals surface area contributed by atoms with Gasteiger partial charge in [0.2, 0.25) is 0 Å². The minimum absolute atomic E-state index is 0.0890. The lowest BCUT2D eigenvalue weighted by molar-refractivity contribution is 0.614. The van der Waals surface area contributed by atoms with Crippen LogP contribution in [0.1, 0.15) is 30.1 Å². The number of hydrogen-bond acceptors (Lipinski definition) is 3. The lowest BCUT2D eigenvalue weighted by Crippen LogP contribution is -2.13. The van der Waals surface area contributed by atoms with E-state index in [4.69, 9.17) is 11.0 Å². The first-order valence-corrected chi connectivity index (χ1v) is 4.88. The summed E-state index contributed by atoms with van der Waals surface area (Å²) in [6.45, 7) is 0. The summed E-state index contributed by atoms with van der Waals surface area (Å²) in [6, 6.07) is 6.06. The van der Waals surface area contributed by atoms with E-state index < -0.39 is 0 Å². The van der Waals surface area contributed by atoms with Crippen LogP contribution in [-0.4, -0.2) is 4.98 Å². The van der Waals surface area contributed by atoms with Crippen LogP contribution in [0.4, 0.5) is 0 Å². The number of rotatable bonds is 3. The van der Waals surface area contributed by atoms with Crippen molar-refractivity contribution in [3.05, 3.63) is 29.6 Å². The molecule has 1 fully saturated rings. The van der Waals surface area contributed by atoms with Gasteiger partial charge in [-0.05, 0) is 30.4 Å². The highest BCUT2D eigenvalue weighted by Gasteiger charge is 2.30. The van der Waals surface area contributed by atoms with Gasteiger partial charge in [0.15, 0.2) is 0 Å². The maximum absolute atomic E-state index is 8.49. The Morgan fingerprint density at radius 3 is 2.86 bits per heavy atom. The summed E-state index contributed by atoms with van der Waals surface area (Å²) in [5, 5.41) is 8.49. The van der Waals surface area contributed by atoms with Crippen LogP contribution in [-0.2, 0) is 6.42 Å². The van der Waals surface area contributed by atoms with Gasteiger partial charge in [-0.15, -0.1) is 0 Å². The Morgan fingerprint density at radius 1 is 1.57 bits per heavy atom. The lowest BCUT2D eigenvalue weighted by atomic mass is 10.1. The molecule has 1 aromatic rings. The zero-order valence-electron chi connectivity index (χ0n) is 7.98. The van der Waals surface area contributed by atoms with Crippen molar-refractivity contribution in [2.75, 3.05) is 0 Å². The Kier molecular flexibility index (Phi) is 2.47. The molecule has 1 heterocycles. The Labute approximate surface area is 83.6 Å². The number of nitrogens with two attached hydrogens (primary N) is 1. The van der Waals surface area contributed by atoms with Crippen LogP contribution >= 0.6 is 0 Å². The second-order valence-electron chi connectivity index (χ2n) is 3.79. The molecule has 1 aliphatic carbocycles. The summed E-state index contributed by atoms with van der Waals surface area (Å²) < 4.78 is 0. The Bertz CT molecular complexity index is 346. The van der Waals surface area contributed by atoms with E-state index in [0.29, 0.717) is 12.3 Å². The fraction of sp³-hybridized carbons (Fsp3) is 0.455. The molecule has 2 N–H and O–H groups in total. The van der Waals surface area contributed by atoms with Gasteiger partial charge < -0.3 is 5.73 Å². The van der Waals surface area contributed by atoms with Gasteiger partial charge in [-0.25, -0.2) is 0 Å². The molecule has 0 radical (unpaired) electrons. The van der Waals surface area contributed by atoms with Gasteiger partial charge in [-0.2, -0.15) is 5.26 Å². The van der Waals surface area contributed by atoms with Gasteiger partial charge in [0.05, 0.1) is 18.2 Å². The number of pyridine rings is 1. The molecule has 0 aliphatic heterocycles. The number of nitrogens with zero attached hydrogens (tertiary/aromatic N) is 2. The first-order valence-electron chi connectivity index (χ1n) is 4.88. The lowest BCUT2D eigenvalue weighted by Gasteiger charge is -2.09. The molecular formula is C11H13N3. The highest BCUT2D eigenvalue weighted by molar-refractivity contribution is 5.19. The highest BCUT2D eigenvalue weighted by atomic mass is 14.8. The summed E-state index contributed by atoms with van der Waals surface area (Å²) in [7, 11) is 0. The van der Waals surface area contributed by atoms with E-state index in [1.54, 1.807) is 6.20 Å². The monoisotopic (exact) mass is 187 g/mol. The van der Waals surface area contributed by atoms with Crippen molar-refractivity contribution in [3.8, 4) is 6.07 Å². The summed E-state index contributed by atoms with van der Waals surface area (Å²) in [6.07, 6.45) is 4.62. The van der Waals surface area contributed by atoms with Crippen molar-refractivity contribution < 1.29 is 0 Å². The molecule has 0 saturated heterocycles. The van der Waals surface area contributed by atoms with Gasteiger partial charge in [0, 0.05) is 12.2 Å². The molecule has 3 nitrogen and oxygen atoms in total. The first-order chi connectivity index (χ1) is 6.81. The zero-order chi connectivity index (χ0) is 9.97. The molecule has 0 aromatic carbocycles. The normalized spacial score (nSPS) is 17.4. The first kappa shape index (κ1) is 9.17. The molecule has 1 aliphatic rings. The van der Waals surface area contributed by atoms with Gasteiger partial charge in [0.1, 0.15) is 0 Å². The maximum atomic E-state index is 8.49. The predicted molar refractivity (Wildman–Crippen MR) is 53.2 cm³/mol. The van der Waals surface area contributed by atoms with E-state index in [9.17, 15) is 0 Å². The van der Waals surface area contributed by atoms with E-state index in [2.05, 4.69) is 11.1 Å². The molecule has 1 aromatic heterocycles.